The summed E-state index contributed by atoms with van der Waals surface area (Å²) in [5, 5.41) is 1.13. The molecule has 0 saturated carbocycles. The van der Waals surface area contributed by atoms with Crippen LogP contribution in [0.2, 0.25) is 0 Å². The highest BCUT2D eigenvalue weighted by Crippen LogP contribution is 2.29. The Labute approximate surface area is 145 Å². The first-order valence-corrected chi connectivity index (χ1v) is 8.29. The Balaban J connectivity index is 1.78. The maximum atomic E-state index is 4.94. The van der Waals surface area contributed by atoms with E-state index in [2.05, 4.69) is 34.7 Å². The molecule has 0 radical (unpaired) electrons. The topological polar surface area (TPSA) is 30.2 Å². The van der Waals surface area contributed by atoms with Crippen LogP contribution in [0.4, 0.5) is 0 Å². The molecule has 0 fully saturated rings. The van der Waals surface area contributed by atoms with E-state index < -0.39 is 0 Å². The standard InChI is InChI=1S/C22H15N3/c1-2-9-17(10-3-1)21-20-12-6-7-15-25(20)22(24-21)19-14-13-16-8-4-5-11-18(16)23-19/h1-15H. The van der Waals surface area contributed by atoms with E-state index in [1.165, 1.54) is 0 Å². The zero-order chi connectivity index (χ0) is 16.6. The first-order valence-electron chi connectivity index (χ1n) is 8.29. The lowest BCUT2D eigenvalue weighted by Gasteiger charge is -2.02. The van der Waals surface area contributed by atoms with E-state index >= 15 is 0 Å². The second-order valence-electron chi connectivity index (χ2n) is 6.00. The highest BCUT2D eigenvalue weighted by atomic mass is 15.0. The molecule has 5 rings (SSSR count). The Bertz CT molecular complexity index is 1190. The minimum Gasteiger partial charge on any atom is -0.298 e. The average Bonchev–Trinajstić information content (AvgIpc) is 3.08. The predicted molar refractivity (Wildman–Crippen MR) is 101 cm³/mol. The van der Waals surface area contributed by atoms with Gasteiger partial charge >= 0.3 is 0 Å². The molecule has 0 aliphatic heterocycles. The van der Waals surface area contributed by atoms with Gasteiger partial charge < -0.3 is 0 Å². The lowest BCUT2D eigenvalue weighted by Crippen LogP contribution is -1.91. The molecule has 0 bridgehead atoms. The summed E-state index contributed by atoms with van der Waals surface area (Å²) < 4.78 is 2.11. The molecular weight excluding hydrogens is 306 g/mol. The molecule has 0 atom stereocenters. The van der Waals surface area contributed by atoms with Crippen LogP contribution in [-0.4, -0.2) is 14.4 Å². The minimum atomic E-state index is 0.861. The number of fused-ring (bicyclic) bond motifs is 2. The van der Waals surface area contributed by atoms with Gasteiger partial charge in [-0.25, -0.2) is 9.97 Å². The summed E-state index contributed by atoms with van der Waals surface area (Å²) in [4.78, 5) is 9.76. The maximum absolute atomic E-state index is 4.94. The van der Waals surface area contributed by atoms with Gasteiger partial charge in [-0.1, -0.05) is 60.7 Å². The number of rotatable bonds is 2. The van der Waals surface area contributed by atoms with E-state index in [1.54, 1.807) is 0 Å². The summed E-state index contributed by atoms with van der Waals surface area (Å²) in [5.41, 5.74) is 5.03. The molecule has 0 N–H and O–H groups in total. The number of hydrogen-bond acceptors (Lipinski definition) is 2. The smallest absolute Gasteiger partial charge is 0.163 e. The van der Waals surface area contributed by atoms with Crippen molar-refractivity contribution in [2.45, 2.75) is 0 Å². The fraction of sp³-hybridized carbons (Fsp3) is 0. The number of imidazole rings is 1. The zero-order valence-corrected chi connectivity index (χ0v) is 13.5. The van der Waals surface area contributed by atoms with Crippen molar-refractivity contribution >= 4 is 16.4 Å². The third-order valence-corrected chi connectivity index (χ3v) is 4.42. The van der Waals surface area contributed by atoms with E-state index in [0.717, 1.165) is 39.2 Å². The van der Waals surface area contributed by atoms with Crippen LogP contribution in [0.5, 0.6) is 0 Å². The Morgan fingerprint density at radius 1 is 0.640 bits per heavy atom. The molecule has 0 spiro atoms. The number of pyridine rings is 2. The lowest BCUT2D eigenvalue weighted by atomic mass is 10.1. The first kappa shape index (κ1) is 13.9. The Hall–Kier alpha value is -3.46. The third kappa shape index (κ3) is 2.29. The number of benzene rings is 2. The second kappa shape index (κ2) is 5.56. The van der Waals surface area contributed by atoms with Gasteiger partial charge in [0.05, 0.1) is 16.7 Å². The SMILES string of the molecule is c1ccc(-c2nc(-c3ccc4ccccc4n3)n3ccccc23)cc1. The van der Waals surface area contributed by atoms with Crippen LogP contribution in [0.1, 0.15) is 0 Å². The van der Waals surface area contributed by atoms with E-state index in [-0.39, 0.29) is 0 Å². The van der Waals surface area contributed by atoms with Crippen LogP contribution >= 0.6 is 0 Å². The van der Waals surface area contributed by atoms with Crippen LogP contribution in [0.15, 0.2) is 91.1 Å². The van der Waals surface area contributed by atoms with Crippen LogP contribution in [-0.2, 0) is 0 Å². The molecule has 3 nitrogen and oxygen atoms in total. The number of nitrogens with zero attached hydrogens (tertiary/aromatic N) is 3. The molecule has 0 aliphatic carbocycles. The van der Waals surface area contributed by atoms with Gasteiger partial charge in [-0.2, -0.15) is 0 Å². The van der Waals surface area contributed by atoms with Gasteiger partial charge in [-0.05, 0) is 24.3 Å². The van der Waals surface area contributed by atoms with Gasteiger partial charge in [0.25, 0.3) is 0 Å². The average molecular weight is 321 g/mol. The van der Waals surface area contributed by atoms with Gasteiger partial charge in [0.2, 0.25) is 0 Å². The quantitative estimate of drug-likeness (QED) is 0.446. The van der Waals surface area contributed by atoms with E-state index in [1.807, 2.05) is 60.8 Å². The maximum Gasteiger partial charge on any atom is 0.163 e. The van der Waals surface area contributed by atoms with Crippen LogP contribution in [0.25, 0.3) is 39.2 Å². The van der Waals surface area contributed by atoms with Crippen molar-refractivity contribution in [3.05, 3.63) is 91.1 Å². The number of aromatic nitrogens is 3. The van der Waals surface area contributed by atoms with Gasteiger partial charge in [0.15, 0.2) is 5.82 Å². The van der Waals surface area contributed by atoms with Crippen molar-refractivity contribution in [2.75, 3.05) is 0 Å². The number of hydrogen-bond donors (Lipinski definition) is 0. The van der Waals surface area contributed by atoms with Crippen molar-refractivity contribution < 1.29 is 0 Å². The summed E-state index contributed by atoms with van der Waals surface area (Å²) >= 11 is 0. The van der Waals surface area contributed by atoms with E-state index in [0.29, 0.717) is 0 Å². The molecule has 0 aliphatic rings. The first-order chi connectivity index (χ1) is 12.4. The summed E-state index contributed by atoms with van der Waals surface area (Å²) in [6.45, 7) is 0. The predicted octanol–water partition coefficient (Wildman–Crippen LogP) is 5.22. The molecule has 3 heterocycles. The van der Waals surface area contributed by atoms with Crippen LogP contribution in [0, 0.1) is 0 Å². The molecule has 25 heavy (non-hydrogen) atoms. The van der Waals surface area contributed by atoms with Gasteiger partial charge in [0, 0.05) is 17.1 Å². The van der Waals surface area contributed by atoms with E-state index in [4.69, 9.17) is 9.97 Å². The minimum absolute atomic E-state index is 0.861. The molecule has 118 valence electrons. The van der Waals surface area contributed by atoms with Crippen molar-refractivity contribution in [1.29, 1.82) is 0 Å². The van der Waals surface area contributed by atoms with Gasteiger partial charge in [-0.3, -0.25) is 4.40 Å². The lowest BCUT2D eigenvalue weighted by molar-refractivity contribution is 1.14. The number of para-hydroxylation sites is 1. The summed E-state index contributed by atoms with van der Waals surface area (Å²) in [5.74, 6) is 0.861. The molecule has 5 aromatic rings. The van der Waals surface area contributed by atoms with Crippen LogP contribution < -0.4 is 0 Å². The Morgan fingerprint density at radius 3 is 2.36 bits per heavy atom. The van der Waals surface area contributed by atoms with Crippen LogP contribution in [0.3, 0.4) is 0 Å². The van der Waals surface area contributed by atoms with E-state index in [9.17, 15) is 0 Å². The second-order valence-corrected chi connectivity index (χ2v) is 6.00. The molecular formula is C22H15N3. The van der Waals surface area contributed by atoms with Crippen molar-refractivity contribution in [3.63, 3.8) is 0 Å². The summed E-state index contributed by atoms with van der Waals surface area (Å²) in [7, 11) is 0. The van der Waals surface area contributed by atoms with Gasteiger partial charge in [-0.15, -0.1) is 0 Å². The fourth-order valence-electron chi connectivity index (χ4n) is 3.22. The van der Waals surface area contributed by atoms with Crippen molar-refractivity contribution in [2.24, 2.45) is 0 Å². The largest absolute Gasteiger partial charge is 0.298 e. The van der Waals surface area contributed by atoms with Gasteiger partial charge in [0.1, 0.15) is 5.69 Å². The molecule has 0 unspecified atom stereocenters. The molecule has 0 saturated heterocycles. The monoisotopic (exact) mass is 321 g/mol. The van der Waals surface area contributed by atoms with Crippen molar-refractivity contribution in [1.82, 2.24) is 14.4 Å². The molecule has 3 heteroatoms. The summed E-state index contributed by atoms with van der Waals surface area (Å²) in [6, 6.07) is 28.7. The highest BCUT2D eigenvalue weighted by Gasteiger charge is 2.14. The Kier molecular flexibility index (Phi) is 3.10. The third-order valence-electron chi connectivity index (χ3n) is 4.42. The summed E-state index contributed by atoms with van der Waals surface area (Å²) in [6.07, 6.45) is 2.04. The molecule has 0 amide bonds. The molecule has 2 aromatic carbocycles. The zero-order valence-electron chi connectivity index (χ0n) is 13.5. The fourth-order valence-corrected chi connectivity index (χ4v) is 3.22. The van der Waals surface area contributed by atoms with Crippen molar-refractivity contribution in [3.8, 4) is 22.8 Å². The molecule has 3 aromatic heterocycles. The Morgan fingerprint density at radius 2 is 1.44 bits per heavy atom. The normalized spacial score (nSPS) is 11.2. The highest BCUT2D eigenvalue weighted by molar-refractivity contribution is 5.84.